The Bertz CT molecular complexity index is 462. The van der Waals surface area contributed by atoms with E-state index in [1.54, 1.807) is 21.3 Å². The van der Waals surface area contributed by atoms with Crippen LogP contribution < -0.4 is 19.5 Å². The predicted octanol–water partition coefficient (Wildman–Crippen LogP) is 3.08. The standard InChI is InChI=1S/C16H25NO4/c1-16(2)10-11(6-7-21-16)17-12-8-13(18-3)15(20-5)14(9-12)19-4/h8-9,11,17H,6-7,10H2,1-5H3. The fourth-order valence-electron chi connectivity index (χ4n) is 2.76. The second-order valence-corrected chi connectivity index (χ2v) is 5.86. The molecule has 2 rings (SSSR count). The van der Waals surface area contributed by atoms with Crippen LogP contribution in [0.1, 0.15) is 26.7 Å². The molecule has 1 aliphatic heterocycles. The van der Waals surface area contributed by atoms with E-state index in [1.165, 1.54) is 0 Å². The summed E-state index contributed by atoms with van der Waals surface area (Å²) in [7, 11) is 4.85. The molecule has 1 heterocycles. The van der Waals surface area contributed by atoms with Gasteiger partial charge in [0, 0.05) is 30.5 Å². The molecule has 0 aliphatic carbocycles. The Morgan fingerprint density at radius 1 is 1.10 bits per heavy atom. The quantitative estimate of drug-likeness (QED) is 0.904. The lowest BCUT2D eigenvalue weighted by Gasteiger charge is -2.36. The monoisotopic (exact) mass is 295 g/mol. The van der Waals surface area contributed by atoms with Crippen molar-refractivity contribution < 1.29 is 18.9 Å². The molecule has 1 aromatic carbocycles. The fourth-order valence-corrected chi connectivity index (χ4v) is 2.76. The van der Waals surface area contributed by atoms with E-state index < -0.39 is 0 Å². The van der Waals surface area contributed by atoms with Crippen LogP contribution >= 0.6 is 0 Å². The van der Waals surface area contributed by atoms with Crippen LogP contribution in [0, 0.1) is 0 Å². The third-order valence-electron chi connectivity index (χ3n) is 3.73. The van der Waals surface area contributed by atoms with Crippen molar-refractivity contribution in [1.29, 1.82) is 0 Å². The Kier molecular flexibility index (Phi) is 4.83. The van der Waals surface area contributed by atoms with Gasteiger partial charge in [-0.05, 0) is 26.7 Å². The highest BCUT2D eigenvalue weighted by atomic mass is 16.5. The molecule has 21 heavy (non-hydrogen) atoms. The third kappa shape index (κ3) is 3.73. The first-order valence-corrected chi connectivity index (χ1v) is 7.19. The van der Waals surface area contributed by atoms with Gasteiger partial charge in [0.05, 0.1) is 26.9 Å². The van der Waals surface area contributed by atoms with Gasteiger partial charge < -0.3 is 24.3 Å². The summed E-state index contributed by atoms with van der Waals surface area (Å²) in [5.41, 5.74) is 0.878. The minimum Gasteiger partial charge on any atom is -0.493 e. The summed E-state index contributed by atoms with van der Waals surface area (Å²) in [6, 6.07) is 4.24. The van der Waals surface area contributed by atoms with Gasteiger partial charge in [-0.1, -0.05) is 0 Å². The molecule has 5 heteroatoms. The second kappa shape index (κ2) is 6.43. The molecule has 1 saturated heterocycles. The molecule has 0 saturated carbocycles. The van der Waals surface area contributed by atoms with E-state index in [2.05, 4.69) is 19.2 Å². The summed E-state index contributed by atoms with van der Waals surface area (Å²) in [5.74, 6) is 1.93. The number of benzene rings is 1. The number of nitrogens with one attached hydrogen (secondary N) is 1. The van der Waals surface area contributed by atoms with E-state index in [4.69, 9.17) is 18.9 Å². The van der Waals surface area contributed by atoms with Crippen LogP contribution in [0.3, 0.4) is 0 Å². The third-order valence-corrected chi connectivity index (χ3v) is 3.73. The zero-order chi connectivity index (χ0) is 15.5. The minimum atomic E-state index is -0.0867. The highest BCUT2D eigenvalue weighted by molar-refractivity contribution is 5.62. The van der Waals surface area contributed by atoms with Gasteiger partial charge in [-0.3, -0.25) is 0 Å². The normalized spacial score (nSPS) is 20.7. The van der Waals surface area contributed by atoms with Gasteiger partial charge in [0.1, 0.15) is 0 Å². The van der Waals surface area contributed by atoms with Gasteiger partial charge in [-0.2, -0.15) is 0 Å². The highest BCUT2D eigenvalue weighted by Gasteiger charge is 2.29. The van der Waals surface area contributed by atoms with E-state index in [-0.39, 0.29) is 5.60 Å². The zero-order valence-corrected chi connectivity index (χ0v) is 13.5. The van der Waals surface area contributed by atoms with Crippen molar-refractivity contribution in [3.05, 3.63) is 12.1 Å². The number of anilines is 1. The van der Waals surface area contributed by atoms with Crippen LogP contribution in [0.5, 0.6) is 17.2 Å². The Morgan fingerprint density at radius 2 is 1.71 bits per heavy atom. The molecule has 118 valence electrons. The molecular formula is C16H25NO4. The van der Waals surface area contributed by atoms with Gasteiger partial charge in [0.25, 0.3) is 0 Å². The maximum absolute atomic E-state index is 5.75. The van der Waals surface area contributed by atoms with Crippen LogP contribution in [-0.4, -0.2) is 39.6 Å². The SMILES string of the molecule is COc1cc(NC2CCOC(C)(C)C2)cc(OC)c1OC. The minimum absolute atomic E-state index is 0.0867. The summed E-state index contributed by atoms with van der Waals surface area (Å²) in [6.07, 6.45) is 1.95. The molecule has 0 bridgehead atoms. The van der Waals surface area contributed by atoms with E-state index in [1.807, 2.05) is 12.1 Å². The Morgan fingerprint density at radius 3 is 2.19 bits per heavy atom. The van der Waals surface area contributed by atoms with Gasteiger partial charge in [-0.25, -0.2) is 0 Å². The lowest BCUT2D eigenvalue weighted by Crippen LogP contribution is -2.40. The summed E-state index contributed by atoms with van der Waals surface area (Å²) >= 11 is 0. The van der Waals surface area contributed by atoms with Gasteiger partial charge in [0.2, 0.25) is 5.75 Å². The molecule has 0 spiro atoms. The molecule has 1 atom stereocenters. The van der Waals surface area contributed by atoms with E-state index in [9.17, 15) is 0 Å². The van der Waals surface area contributed by atoms with Crippen LogP contribution in [-0.2, 0) is 4.74 Å². The topological polar surface area (TPSA) is 49.0 Å². The predicted molar refractivity (Wildman–Crippen MR) is 82.8 cm³/mol. The summed E-state index contributed by atoms with van der Waals surface area (Å²) in [4.78, 5) is 0. The molecule has 5 nitrogen and oxygen atoms in total. The van der Waals surface area contributed by atoms with Crippen molar-refractivity contribution in [3.63, 3.8) is 0 Å². The maximum Gasteiger partial charge on any atom is 0.203 e. The lowest BCUT2D eigenvalue weighted by atomic mass is 9.94. The van der Waals surface area contributed by atoms with Crippen LogP contribution in [0.4, 0.5) is 5.69 Å². The molecular weight excluding hydrogens is 270 g/mol. The number of hydrogen-bond acceptors (Lipinski definition) is 5. The Labute approximate surface area is 126 Å². The van der Waals surface area contributed by atoms with Crippen molar-refractivity contribution >= 4 is 5.69 Å². The number of methoxy groups -OCH3 is 3. The highest BCUT2D eigenvalue weighted by Crippen LogP contribution is 2.40. The second-order valence-electron chi connectivity index (χ2n) is 5.86. The van der Waals surface area contributed by atoms with Gasteiger partial charge in [0.15, 0.2) is 11.5 Å². The van der Waals surface area contributed by atoms with Crippen LogP contribution in [0.2, 0.25) is 0 Å². The average Bonchev–Trinajstić information content (AvgIpc) is 2.45. The molecule has 1 fully saturated rings. The first kappa shape index (κ1) is 15.8. The molecule has 1 aliphatic rings. The molecule has 0 aromatic heterocycles. The Balaban J connectivity index is 2.20. The number of hydrogen-bond donors (Lipinski definition) is 1. The molecule has 1 aromatic rings. The average molecular weight is 295 g/mol. The fraction of sp³-hybridized carbons (Fsp3) is 0.625. The van der Waals surface area contributed by atoms with E-state index >= 15 is 0 Å². The smallest absolute Gasteiger partial charge is 0.203 e. The number of ether oxygens (including phenoxy) is 4. The van der Waals surface area contributed by atoms with Crippen molar-refractivity contribution in [2.75, 3.05) is 33.3 Å². The molecule has 1 N–H and O–H groups in total. The van der Waals surface area contributed by atoms with E-state index in [0.717, 1.165) is 25.1 Å². The van der Waals surface area contributed by atoms with Crippen molar-refractivity contribution in [1.82, 2.24) is 0 Å². The van der Waals surface area contributed by atoms with Crippen molar-refractivity contribution in [2.24, 2.45) is 0 Å². The van der Waals surface area contributed by atoms with Crippen molar-refractivity contribution in [2.45, 2.75) is 38.3 Å². The largest absolute Gasteiger partial charge is 0.493 e. The molecule has 0 amide bonds. The van der Waals surface area contributed by atoms with Gasteiger partial charge in [-0.15, -0.1) is 0 Å². The van der Waals surface area contributed by atoms with E-state index in [0.29, 0.717) is 23.3 Å². The zero-order valence-electron chi connectivity index (χ0n) is 13.5. The lowest BCUT2D eigenvalue weighted by molar-refractivity contribution is -0.0553. The Hall–Kier alpha value is -1.62. The van der Waals surface area contributed by atoms with Crippen LogP contribution in [0.15, 0.2) is 12.1 Å². The summed E-state index contributed by atoms with van der Waals surface area (Å²) in [6.45, 7) is 5.02. The van der Waals surface area contributed by atoms with Crippen LogP contribution in [0.25, 0.3) is 0 Å². The first-order chi connectivity index (χ1) is 9.99. The summed E-state index contributed by atoms with van der Waals surface area (Å²) < 4.78 is 21.8. The summed E-state index contributed by atoms with van der Waals surface area (Å²) in [5, 5.41) is 3.54. The van der Waals surface area contributed by atoms with Gasteiger partial charge >= 0.3 is 0 Å². The van der Waals surface area contributed by atoms with Crippen molar-refractivity contribution in [3.8, 4) is 17.2 Å². The molecule has 1 unspecified atom stereocenters. The first-order valence-electron chi connectivity index (χ1n) is 7.19. The molecule has 0 radical (unpaired) electrons. The number of rotatable bonds is 5. The maximum atomic E-state index is 5.75.